The van der Waals surface area contributed by atoms with E-state index in [9.17, 15) is 9.59 Å². The van der Waals surface area contributed by atoms with Crippen LogP contribution in [0.4, 0.5) is 0 Å². The van der Waals surface area contributed by atoms with Crippen molar-refractivity contribution < 1.29 is 42.7 Å². The third kappa shape index (κ3) is 8.12. The number of fused-ring (bicyclic) bond motifs is 2. The van der Waals surface area contributed by atoms with Gasteiger partial charge in [0.25, 0.3) is 0 Å². The smallest absolute Gasteiger partial charge is 0.330 e. The van der Waals surface area contributed by atoms with E-state index in [4.69, 9.17) is 33.2 Å². The molecule has 9 heteroatoms. The fourth-order valence-electron chi connectivity index (χ4n) is 4.46. The number of hydrogen-bond acceptors (Lipinski definition) is 9. The van der Waals surface area contributed by atoms with Gasteiger partial charge in [-0.3, -0.25) is 0 Å². The van der Waals surface area contributed by atoms with Crippen molar-refractivity contribution in [2.75, 3.05) is 40.6 Å². The van der Waals surface area contributed by atoms with Crippen LogP contribution in [0.15, 0.2) is 98.1 Å². The van der Waals surface area contributed by atoms with Crippen molar-refractivity contribution in [2.45, 2.75) is 12.2 Å². The molecule has 0 saturated carbocycles. The van der Waals surface area contributed by atoms with E-state index in [1.807, 2.05) is 72.8 Å². The Hall–Kier alpha value is -4.86. The zero-order chi connectivity index (χ0) is 30.6. The monoisotopic (exact) mass is 586 g/mol. The van der Waals surface area contributed by atoms with Gasteiger partial charge in [-0.05, 0) is 30.3 Å². The minimum absolute atomic E-state index is 0.0178. The van der Waals surface area contributed by atoms with Gasteiger partial charge in [0.1, 0.15) is 36.2 Å². The maximum Gasteiger partial charge on any atom is 0.330 e. The molecule has 4 rings (SSSR count). The number of hydrogen-bond donors (Lipinski definition) is 0. The Morgan fingerprint density at radius 3 is 1.63 bits per heavy atom. The molecule has 0 radical (unpaired) electrons. The van der Waals surface area contributed by atoms with E-state index in [-0.39, 0.29) is 26.4 Å². The minimum atomic E-state index is -0.682. The van der Waals surface area contributed by atoms with E-state index in [0.29, 0.717) is 28.4 Å². The predicted molar refractivity (Wildman–Crippen MR) is 163 cm³/mol. The second kappa shape index (κ2) is 15.4. The molecule has 2 atom stereocenters. The molecular formula is C34H34O9. The first-order chi connectivity index (χ1) is 21.0. The SMILES string of the molecule is C=CC(=O)OC(COC)COc1c2ccccc2c(OCC(COC)OC(=O)C=C)c2cc(Oc3ccccc3)ccc12. The van der Waals surface area contributed by atoms with Crippen LogP contribution in [0.5, 0.6) is 23.0 Å². The molecule has 0 saturated heterocycles. The fraction of sp³-hybridized carbons (Fsp3) is 0.235. The number of benzene rings is 4. The molecule has 0 aliphatic carbocycles. The van der Waals surface area contributed by atoms with Gasteiger partial charge in [-0.15, -0.1) is 0 Å². The summed E-state index contributed by atoms with van der Waals surface area (Å²) in [6.45, 7) is 7.24. The minimum Gasteiger partial charge on any atom is -0.488 e. The molecule has 0 fully saturated rings. The summed E-state index contributed by atoms with van der Waals surface area (Å²) in [5.41, 5.74) is 0. The lowest BCUT2D eigenvalue weighted by Crippen LogP contribution is -2.29. The molecule has 0 amide bonds. The topological polar surface area (TPSA) is 98.8 Å². The summed E-state index contributed by atoms with van der Waals surface area (Å²) >= 11 is 0. The van der Waals surface area contributed by atoms with Gasteiger partial charge in [-0.2, -0.15) is 0 Å². The van der Waals surface area contributed by atoms with Crippen molar-refractivity contribution in [2.24, 2.45) is 0 Å². The standard InChI is InChI=1S/C34H34O9/c1-5-31(35)42-25(19-37-3)21-39-33-27-14-10-11-15-28(27)34(40-22-26(20-38-4)43-32(36)6-2)30-18-24(16-17-29(30)33)41-23-12-8-7-9-13-23/h5-18,25-26H,1-2,19-22H2,3-4H3. The van der Waals surface area contributed by atoms with Crippen molar-refractivity contribution in [3.05, 3.63) is 98.1 Å². The Morgan fingerprint density at radius 2 is 1.12 bits per heavy atom. The van der Waals surface area contributed by atoms with Gasteiger partial charge >= 0.3 is 11.9 Å². The molecule has 0 bridgehead atoms. The van der Waals surface area contributed by atoms with E-state index in [1.54, 1.807) is 0 Å². The molecule has 0 aliphatic rings. The van der Waals surface area contributed by atoms with E-state index in [0.717, 1.165) is 28.3 Å². The number of ether oxygens (including phenoxy) is 7. The van der Waals surface area contributed by atoms with Crippen LogP contribution in [-0.4, -0.2) is 64.8 Å². The Morgan fingerprint density at radius 1 is 0.628 bits per heavy atom. The van der Waals surface area contributed by atoms with Crippen LogP contribution in [-0.2, 0) is 28.5 Å². The summed E-state index contributed by atoms with van der Waals surface area (Å²) in [6.07, 6.45) is 0.834. The van der Waals surface area contributed by atoms with Gasteiger partial charge in [0.05, 0.1) is 13.2 Å². The van der Waals surface area contributed by atoms with Gasteiger partial charge in [0, 0.05) is 47.9 Å². The van der Waals surface area contributed by atoms with E-state index < -0.39 is 24.1 Å². The lowest BCUT2D eigenvalue weighted by atomic mass is 10.00. The average molecular weight is 587 g/mol. The van der Waals surface area contributed by atoms with E-state index in [1.165, 1.54) is 14.2 Å². The second-order valence-electron chi connectivity index (χ2n) is 9.39. The van der Waals surface area contributed by atoms with Crippen LogP contribution in [0.2, 0.25) is 0 Å². The Kier molecular flexibility index (Phi) is 11.1. The lowest BCUT2D eigenvalue weighted by molar-refractivity contribution is -0.148. The van der Waals surface area contributed by atoms with Gasteiger partial charge in [0.15, 0.2) is 12.2 Å². The first-order valence-electron chi connectivity index (χ1n) is 13.6. The van der Waals surface area contributed by atoms with Crippen LogP contribution in [0.3, 0.4) is 0 Å². The normalized spacial score (nSPS) is 12.2. The van der Waals surface area contributed by atoms with Crippen LogP contribution < -0.4 is 14.2 Å². The molecule has 9 nitrogen and oxygen atoms in total. The Bertz CT molecular complexity index is 1560. The highest BCUT2D eigenvalue weighted by molar-refractivity contribution is 6.11. The molecule has 4 aromatic carbocycles. The van der Waals surface area contributed by atoms with Crippen LogP contribution in [0, 0.1) is 0 Å². The summed E-state index contributed by atoms with van der Waals surface area (Å²) in [5.74, 6) is 1.20. The summed E-state index contributed by atoms with van der Waals surface area (Å²) in [7, 11) is 3.03. The summed E-state index contributed by atoms with van der Waals surface area (Å²) in [6, 6.07) is 22.6. The molecule has 224 valence electrons. The molecule has 4 aromatic rings. The second-order valence-corrected chi connectivity index (χ2v) is 9.39. The highest BCUT2D eigenvalue weighted by atomic mass is 16.6. The number of para-hydroxylation sites is 1. The highest BCUT2D eigenvalue weighted by Crippen LogP contribution is 2.44. The quantitative estimate of drug-likeness (QED) is 0.0885. The zero-order valence-electron chi connectivity index (χ0n) is 24.2. The molecule has 0 heterocycles. The van der Waals surface area contributed by atoms with Crippen molar-refractivity contribution in [3.63, 3.8) is 0 Å². The average Bonchev–Trinajstić information content (AvgIpc) is 3.02. The predicted octanol–water partition coefficient (Wildman–Crippen LogP) is 6.03. The van der Waals surface area contributed by atoms with Crippen molar-refractivity contribution >= 4 is 33.5 Å². The molecule has 43 heavy (non-hydrogen) atoms. The van der Waals surface area contributed by atoms with Crippen LogP contribution in [0.25, 0.3) is 21.5 Å². The van der Waals surface area contributed by atoms with Crippen molar-refractivity contribution in [3.8, 4) is 23.0 Å². The number of carbonyl (C=O) groups excluding carboxylic acids is 2. The molecule has 0 aromatic heterocycles. The molecule has 0 spiro atoms. The lowest BCUT2D eigenvalue weighted by Gasteiger charge is -2.22. The van der Waals surface area contributed by atoms with Crippen molar-refractivity contribution in [1.29, 1.82) is 0 Å². The van der Waals surface area contributed by atoms with Gasteiger partial charge in [-0.25, -0.2) is 9.59 Å². The largest absolute Gasteiger partial charge is 0.488 e. The third-order valence-corrected chi connectivity index (χ3v) is 6.31. The van der Waals surface area contributed by atoms with Gasteiger partial charge < -0.3 is 33.2 Å². The maximum atomic E-state index is 11.9. The number of esters is 2. The highest BCUT2D eigenvalue weighted by Gasteiger charge is 2.22. The zero-order valence-corrected chi connectivity index (χ0v) is 24.2. The number of rotatable bonds is 16. The molecule has 0 N–H and O–H groups in total. The fourth-order valence-corrected chi connectivity index (χ4v) is 4.46. The van der Waals surface area contributed by atoms with E-state index in [2.05, 4.69) is 13.2 Å². The molecule has 2 unspecified atom stereocenters. The van der Waals surface area contributed by atoms with Crippen LogP contribution in [0.1, 0.15) is 0 Å². The third-order valence-electron chi connectivity index (χ3n) is 6.31. The summed E-state index contributed by atoms with van der Waals surface area (Å²) in [4.78, 5) is 23.8. The molecule has 0 aliphatic heterocycles. The number of carbonyl (C=O) groups is 2. The summed E-state index contributed by atoms with van der Waals surface area (Å²) in [5, 5.41) is 2.94. The first kappa shape index (κ1) is 31.1. The van der Waals surface area contributed by atoms with Gasteiger partial charge in [0.2, 0.25) is 0 Å². The Labute approximate surface area is 250 Å². The van der Waals surface area contributed by atoms with Gasteiger partial charge in [-0.1, -0.05) is 55.6 Å². The number of methoxy groups -OCH3 is 2. The Balaban J connectivity index is 1.80. The summed E-state index contributed by atoms with van der Waals surface area (Å²) < 4.78 is 40.2. The first-order valence-corrected chi connectivity index (χ1v) is 13.6. The maximum absolute atomic E-state index is 11.9. The van der Waals surface area contributed by atoms with Crippen LogP contribution >= 0.6 is 0 Å². The molecular weight excluding hydrogens is 552 g/mol. The van der Waals surface area contributed by atoms with E-state index >= 15 is 0 Å². The van der Waals surface area contributed by atoms with Crippen molar-refractivity contribution in [1.82, 2.24) is 0 Å².